The molecule has 2 heterocycles. The van der Waals surface area contributed by atoms with Crippen LogP contribution in [0.15, 0.2) is 40.6 Å². The van der Waals surface area contributed by atoms with Gasteiger partial charge in [0.15, 0.2) is 0 Å². The first-order valence-electron chi connectivity index (χ1n) is 6.73. The van der Waals surface area contributed by atoms with Gasteiger partial charge in [-0.3, -0.25) is 0 Å². The molecule has 2 aromatic rings. The summed E-state index contributed by atoms with van der Waals surface area (Å²) >= 11 is 1.20. The molecule has 5 nitrogen and oxygen atoms in total. The first-order valence-corrected chi connectivity index (χ1v) is 9.09. The summed E-state index contributed by atoms with van der Waals surface area (Å²) in [6, 6.07) is 11.6. The van der Waals surface area contributed by atoms with E-state index in [-0.39, 0.29) is 16.6 Å². The Hall–Kier alpha value is -1.12. The van der Waals surface area contributed by atoms with Crippen LogP contribution in [0.3, 0.4) is 0 Å². The van der Waals surface area contributed by atoms with Crippen LogP contribution in [0, 0.1) is 0 Å². The summed E-state index contributed by atoms with van der Waals surface area (Å²) in [6.07, 6.45) is 0. The largest absolute Gasteiger partial charge is 0.369 e. The van der Waals surface area contributed by atoms with Gasteiger partial charge in [0.05, 0.1) is 0 Å². The zero-order valence-corrected chi connectivity index (χ0v) is 14.3. The molecule has 0 aliphatic carbocycles. The predicted octanol–water partition coefficient (Wildman–Crippen LogP) is 1.89. The Morgan fingerprint density at radius 2 is 1.68 bits per heavy atom. The van der Waals surface area contributed by atoms with Crippen LogP contribution in [0.2, 0.25) is 0 Å². The van der Waals surface area contributed by atoms with Gasteiger partial charge < -0.3 is 10.2 Å². The van der Waals surface area contributed by atoms with Crippen molar-refractivity contribution < 1.29 is 8.42 Å². The first kappa shape index (κ1) is 17.2. The average molecular weight is 360 g/mol. The van der Waals surface area contributed by atoms with E-state index in [1.807, 2.05) is 12.1 Å². The highest BCUT2D eigenvalue weighted by molar-refractivity contribution is 7.91. The van der Waals surface area contributed by atoms with Crippen molar-refractivity contribution in [3.8, 4) is 10.4 Å². The lowest BCUT2D eigenvalue weighted by Crippen LogP contribution is -2.43. The Kier molecular flexibility index (Phi) is 5.46. The lowest BCUT2D eigenvalue weighted by molar-refractivity contribution is 0.589. The third-order valence-electron chi connectivity index (χ3n) is 3.50. The van der Waals surface area contributed by atoms with Crippen molar-refractivity contribution in [1.82, 2.24) is 5.32 Å². The monoisotopic (exact) mass is 359 g/mol. The van der Waals surface area contributed by atoms with Gasteiger partial charge in [0, 0.05) is 36.7 Å². The Morgan fingerprint density at radius 1 is 1.05 bits per heavy atom. The molecule has 1 saturated heterocycles. The van der Waals surface area contributed by atoms with E-state index in [9.17, 15) is 8.42 Å². The number of primary sulfonamides is 1. The summed E-state index contributed by atoms with van der Waals surface area (Å²) in [5.41, 5.74) is 2.21. The topological polar surface area (TPSA) is 75.4 Å². The molecule has 1 aliphatic heterocycles. The number of rotatable bonds is 3. The van der Waals surface area contributed by atoms with Crippen molar-refractivity contribution in [3.05, 3.63) is 36.4 Å². The highest BCUT2D eigenvalue weighted by atomic mass is 35.5. The minimum atomic E-state index is -3.61. The Labute approximate surface area is 140 Å². The van der Waals surface area contributed by atoms with Crippen LogP contribution in [0.1, 0.15) is 0 Å². The van der Waals surface area contributed by atoms with Crippen molar-refractivity contribution in [1.29, 1.82) is 0 Å². The number of piperazine rings is 1. The van der Waals surface area contributed by atoms with E-state index < -0.39 is 10.0 Å². The van der Waals surface area contributed by atoms with E-state index in [1.165, 1.54) is 17.0 Å². The second-order valence-corrected chi connectivity index (χ2v) is 7.82. The van der Waals surface area contributed by atoms with Crippen LogP contribution in [-0.4, -0.2) is 34.6 Å². The second-order valence-electron chi connectivity index (χ2n) is 4.95. The van der Waals surface area contributed by atoms with Gasteiger partial charge >= 0.3 is 0 Å². The Balaban J connectivity index is 0.00000176. The maximum Gasteiger partial charge on any atom is 0.247 e. The molecule has 0 saturated carbocycles. The average Bonchev–Trinajstić information content (AvgIpc) is 2.98. The zero-order chi connectivity index (χ0) is 14.9. The van der Waals surface area contributed by atoms with Gasteiger partial charge in [-0.05, 0) is 29.8 Å². The predicted molar refractivity (Wildman–Crippen MR) is 93.5 cm³/mol. The number of anilines is 1. The van der Waals surface area contributed by atoms with E-state index in [0.29, 0.717) is 0 Å². The molecule has 120 valence electrons. The third kappa shape index (κ3) is 3.80. The van der Waals surface area contributed by atoms with Crippen LogP contribution in [0.5, 0.6) is 0 Å². The highest BCUT2D eigenvalue weighted by Gasteiger charge is 2.13. The fraction of sp³-hybridized carbons (Fsp3) is 0.286. The molecule has 0 unspecified atom stereocenters. The molecule has 1 aromatic heterocycles. The molecule has 0 atom stereocenters. The van der Waals surface area contributed by atoms with Gasteiger partial charge in [0.25, 0.3) is 0 Å². The van der Waals surface area contributed by atoms with E-state index in [1.54, 1.807) is 12.1 Å². The van der Waals surface area contributed by atoms with Crippen LogP contribution in [0.4, 0.5) is 5.69 Å². The minimum Gasteiger partial charge on any atom is -0.369 e. The van der Waals surface area contributed by atoms with E-state index in [0.717, 1.165) is 36.6 Å². The number of hydrogen-bond acceptors (Lipinski definition) is 5. The molecule has 1 fully saturated rings. The highest BCUT2D eigenvalue weighted by Crippen LogP contribution is 2.31. The van der Waals surface area contributed by atoms with Crippen LogP contribution in [0.25, 0.3) is 10.4 Å². The van der Waals surface area contributed by atoms with Gasteiger partial charge in [-0.15, -0.1) is 23.7 Å². The number of nitrogens with zero attached hydrogens (tertiary/aromatic N) is 1. The number of benzene rings is 1. The SMILES string of the molecule is Cl.NS(=O)(=O)c1ccc(-c2ccc(N3CCNCC3)cc2)s1. The fourth-order valence-electron chi connectivity index (χ4n) is 2.39. The fourth-order valence-corrected chi connectivity index (χ4v) is 4.12. The molecule has 1 aromatic carbocycles. The summed E-state index contributed by atoms with van der Waals surface area (Å²) < 4.78 is 22.8. The van der Waals surface area contributed by atoms with Gasteiger partial charge in [0.1, 0.15) is 4.21 Å². The van der Waals surface area contributed by atoms with Gasteiger partial charge in [0.2, 0.25) is 10.0 Å². The van der Waals surface area contributed by atoms with E-state index in [2.05, 4.69) is 22.3 Å². The Bertz CT molecular complexity index is 723. The van der Waals surface area contributed by atoms with Crippen LogP contribution < -0.4 is 15.4 Å². The van der Waals surface area contributed by atoms with Gasteiger partial charge in [-0.1, -0.05) is 12.1 Å². The van der Waals surface area contributed by atoms with Crippen molar-refractivity contribution in [2.45, 2.75) is 4.21 Å². The van der Waals surface area contributed by atoms with Crippen LogP contribution >= 0.6 is 23.7 Å². The number of sulfonamides is 1. The summed E-state index contributed by atoms with van der Waals surface area (Å²) in [4.78, 5) is 3.25. The number of halogens is 1. The lowest BCUT2D eigenvalue weighted by Gasteiger charge is -2.29. The maximum absolute atomic E-state index is 11.3. The molecule has 1 aliphatic rings. The maximum atomic E-state index is 11.3. The number of nitrogens with two attached hydrogens (primary N) is 1. The van der Waals surface area contributed by atoms with Crippen molar-refractivity contribution in [3.63, 3.8) is 0 Å². The Morgan fingerprint density at radius 3 is 2.23 bits per heavy atom. The first-order chi connectivity index (χ1) is 10.0. The van der Waals surface area contributed by atoms with E-state index >= 15 is 0 Å². The number of nitrogens with one attached hydrogen (secondary N) is 1. The molecular weight excluding hydrogens is 342 g/mol. The summed E-state index contributed by atoms with van der Waals surface area (Å²) in [5.74, 6) is 0. The number of thiophene rings is 1. The molecular formula is C14H18ClN3O2S2. The molecule has 8 heteroatoms. The summed E-state index contributed by atoms with van der Waals surface area (Å²) in [6.45, 7) is 4.02. The van der Waals surface area contributed by atoms with Gasteiger partial charge in [-0.2, -0.15) is 0 Å². The van der Waals surface area contributed by atoms with Crippen molar-refractivity contribution in [2.75, 3.05) is 31.1 Å². The van der Waals surface area contributed by atoms with Crippen molar-refractivity contribution in [2.24, 2.45) is 5.14 Å². The van der Waals surface area contributed by atoms with Crippen LogP contribution in [-0.2, 0) is 10.0 Å². The quantitative estimate of drug-likeness (QED) is 0.877. The zero-order valence-electron chi connectivity index (χ0n) is 11.9. The summed E-state index contributed by atoms with van der Waals surface area (Å²) in [7, 11) is -3.61. The second kappa shape index (κ2) is 6.97. The smallest absolute Gasteiger partial charge is 0.247 e. The third-order valence-corrected chi connectivity index (χ3v) is 6.07. The molecule has 0 amide bonds. The summed E-state index contributed by atoms with van der Waals surface area (Å²) in [5, 5.41) is 8.47. The molecule has 0 radical (unpaired) electrons. The number of hydrogen-bond donors (Lipinski definition) is 2. The molecule has 3 N–H and O–H groups in total. The van der Waals surface area contributed by atoms with Crippen molar-refractivity contribution >= 4 is 39.5 Å². The van der Waals surface area contributed by atoms with E-state index in [4.69, 9.17) is 5.14 Å². The standard InChI is InChI=1S/C14H17N3O2S2.ClH/c15-21(18,19)14-6-5-13(20-14)11-1-3-12(4-2-11)17-9-7-16-8-10-17;/h1-6,16H,7-10H2,(H2,15,18,19);1H. The lowest BCUT2D eigenvalue weighted by atomic mass is 10.1. The molecule has 0 bridgehead atoms. The van der Waals surface area contributed by atoms with Gasteiger partial charge in [-0.25, -0.2) is 13.6 Å². The molecule has 3 rings (SSSR count). The molecule has 0 spiro atoms. The minimum absolute atomic E-state index is 0. The molecule has 22 heavy (non-hydrogen) atoms. The normalized spacial score (nSPS) is 15.4.